The summed E-state index contributed by atoms with van der Waals surface area (Å²) in [6.45, 7) is 11.2. The average Bonchev–Trinajstić information content (AvgIpc) is 1.59. The molecule has 0 saturated carbocycles. The molecule has 0 fully saturated rings. The highest BCUT2D eigenvalue weighted by Crippen LogP contribution is 2.21. The van der Waals surface area contributed by atoms with Gasteiger partial charge >= 0.3 is 0 Å². The van der Waals surface area contributed by atoms with Crippen molar-refractivity contribution in [1.82, 2.24) is 0 Å². The molecule has 0 amide bonds. The first-order valence-electron chi connectivity index (χ1n) is 3.12. The van der Waals surface area contributed by atoms with E-state index in [0.29, 0.717) is 0 Å². The largest absolute Gasteiger partial charge is 0.129 e. The van der Waals surface area contributed by atoms with Crippen molar-refractivity contribution >= 4 is 16.0 Å². The van der Waals surface area contributed by atoms with Gasteiger partial charge in [-0.3, -0.25) is 0 Å². The Morgan fingerprint density at radius 2 is 1.56 bits per heavy atom. The predicted octanol–water partition coefficient (Wildman–Crippen LogP) is 2.57. The lowest BCUT2D eigenvalue weighted by Crippen LogP contribution is -2.16. The van der Waals surface area contributed by atoms with Crippen LogP contribution in [0.25, 0.3) is 0 Å². The van der Waals surface area contributed by atoms with Crippen LogP contribution >= 0.6 is 7.92 Å². The van der Waals surface area contributed by atoms with Crippen molar-refractivity contribution in [2.75, 3.05) is 13.3 Å². The van der Waals surface area contributed by atoms with Gasteiger partial charge in [0.1, 0.15) is 8.07 Å². The topological polar surface area (TPSA) is 0 Å². The van der Waals surface area contributed by atoms with Crippen molar-refractivity contribution in [2.24, 2.45) is 0 Å². The summed E-state index contributed by atoms with van der Waals surface area (Å²) in [6, 6.07) is 0. The van der Waals surface area contributed by atoms with Gasteiger partial charge in [0.2, 0.25) is 0 Å². The fraction of sp³-hybridized carbons (Fsp3) is 0.714. The summed E-state index contributed by atoms with van der Waals surface area (Å²) in [5, 5.41) is 0. The van der Waals surface area contributed by atoms with Gasteiger partial charge in [-0.1, -0.05) is 25.3 Å². The second-order valence-corrected chi connectivity index (χ2v) is 10.1. The van der Waals surface area contributed by atoms with Gasteiger partial charge in [0.05, 0.1) is 0 Å². The molecule has 0 aliphatic carbocycles. The zero-order valence-electron chi connectivity index (χ0n) is 6.95. The minimum Gasteiger partial charge on any atom is -0.127 e. The number of hydrogen-bond acceptors (Lipinski definition) is 0. The van der Waals surface area contributed by atoms with E-state index in [0.717, 1.165) is 0 Å². The molecule has 0 heterocycles. The third-order valence-corrected chi connectivity index (χ3v) is 2.30. The molecule has 0 atom stereocenters. The molecular formula is C7H15PSi. The van der Waals surface area contributed by atoms with E-state index >= 15 is 0 Å². The maximum absolute atomic E-state index is 3.34. The smallest absolute Gasteiger partial charge is 0.127 e. The summed E-state index contributed by atoms with van der Waals surface area (Å²) in [5.41, 5.74) is 6.60. The highest BCUT2D eigenvalue weighted by molar-refractivity contribution is 7.61. The Balaban J connectivity index is 3.88. The standard InChI is InChI=1S/C7H15PSi/c1-8(2)6-7-9(3,4)5/h1-5H3. The van der Waals surface area contributed by atoms with Crippen LogP contribution in [-0.4, -0.2) is 21.4 Å². The summed E-state index contributed by atoms with van der Waals surface area (Å²) in [6.07, 6.45) is 0. The van der Waals surface area contributed by atoms with Gasteiger partial charge in [-0.2, -0.15) is 0 Å². The first-order valence-corrected chi connectivity index (χ1v) is 8.85. The average molecular weight is 158 g/mol. The maximum atomic E-state index is 3.34. The lowest BCUT2D eigenvalue weighted by atomic mass is 11.4. The molecule has 0 aromatic carbocycles. The molecule has 0 aromatic rings. The molecule has 52 valence electrons. The molecular weight excluding hydrogens is 143 g/mol. The fourth-order valence-corrected chi connectivity index (χ4v) is 2.52. The van der Waals surface area contributed by atoms with Gasteiger partial charge in [0.25, 0.3) is 0 Å². The van der Waals surface area contributed by atoms with Crippen molar-refractivity contribution in [2.45, 2.75) is 19.6 Å². The second-order valence-electron chi connectivity index (χ2n) is 3.38. The Labute approximate surface area is 60.8 Å². The van der Waals surface area contributed by atoms with Gasteiger partial charge in [0.15, 0.2) is 0 Å². The van der Waals surface area contributed by atoms with Crippen molar-refractivity contribution in [3.8, 4) is 11.2 Å². The summed E-state index contributed by atoms with van der Waals surface area (Å²) in [7, 11) is -1.06. The van der Waals surface area contributed by atoms with E-state index in [9.17, 15) is 0 Å². The molecule has 0 saturated heterocycles. The molecule has 0 unspecified atom stereocenters. The molecule has 0 spiro atoms. The number of rotatable bonds is 0. The molecule has 0 aliphatic rings. The van der Waals surface area contributed by atoms with E-state index in [1.54, 1.807) is 0 Å². The molecule has 2 heteroatoms. The van der Waals surface area contributed by atoms with E-state index in [1.807, 2.05) is 0 Å². The summed E-state index contributed by atoms with van der Waals surface area (Å²) >= 11 is 0. The lowest BCUT2D eigenvalue weighted by Gasteiger charge is -2.03. The van der Waals surface area contributed by atoms with Gasteiger partial charge in [-0.25, -0.2) is 0 Å². The lowest BCUT2D eigenvalue weighted by molar-refractivity contribution is 1.82. The van der Waals surface area contributed by atoms with E-state index in [-0.39, 0.29) is 7.92 Å². The molecule has 0 rings (SSSR count). The summed E-state index contributed by atoms with van der Waals surface area (Å²) in [4.78, 5) is 0. The SMILES string of the molecule is CP(C)C#C[Si](C)(C)C. The first kappa shape index (κ1) is 9.21. The molecule has 0 aliphatic heterocycles. The maximum Gasteiger partial charge on any atom is 0.129 e. The normalized spacial score (nSPS) is 10.9. The monoisotopic (exact) mass is 158 g/mol. The predicted molar refractivity (Wildman–Crippen MR) is 49.9 cm³/mol. The Bertz CT molecular complexity index is 133. The molecule has 0 N–H and O–H groups in total. The van der Waals surface area contributed by atoms with Gasteiger partial charge in [-0.15, -0.1) is 5.54 Å². The Kier molecular flexibility index (Phi) is 3.47. The molecule has 0 nitrogen and oxygen atoms in total. The van der Waals surface area contributed by atoms with Crippen molar-refractivity contribution < 1.29 is 0 Å². The van der Waals surface area contributed by atoms with Crippen LogP contribution in [0.3, 0.4) is 0 Å². The molecule has 0 bridgehead atoms. The zero-order valence-corrected chi connectivity index (χ0v) is 8.84. The third-order valence-electron chi connectivity index (χ3n) is 0.655. The van der Waals surface area contributed by atoms with E-state index in [2.05, 4.69) is 44.2 Å². The van der Waals surface area contributed by atoms with Crippen LogP contribution in [0.5, 0.6) is 0 Å². The second kappa shape index (κ2) is 3.39. The van der Waals surface area contributed by atoms with E-state index < -0.39 is 8.07 Å². The van der Waals surface area contributed by atoms with Crippen LogP contribution in [-0.2, 0) is 0 Å². The van der Waals surface area contributed by atoms with E-state index in [4.69, 9.17) is 0 Å². The van der Waals surface area contributed by atoms with Crippen LogP contribution in [0.4, 0.5) is 0 Å². The first-order chi connectivity index (χ1) is 3.92. The summed E-state index contributed by atoms with van der Waals surface area (Å²) in [5.74, 6) is 0. The molecule has 9 heavy (non-hydrogen) atoms. The minimum absolute atomic E-state index is 0.00881. The van der Waals surface area contributed by atoms with Gasteiger partial charge < -0.3 is 0 Å². The van der Waals surface area contributed by atoms with Crippen molar-refractivity contribution in [3.63, 3.8) is 0 Å². The highest BCUT2D eigenvalue weighted by Gasteiger charge is 2.07. The van der Waals surface area contributed by atoms with Crippen LogP contribution in [0, 0.1) is 11.2 Å². The Hall–Kier alpha value is 0.207. The van der Waals surface area contributed by atoms with Crippen LogP contribution in [0.1, 0.15) is 0 Å². The van der Waals surface area contributed by atoms with Crippen LogP contribution in [0.2, 0.25) is 19.6 Å². The minimum atomic E-state index is -1.06. The van der Waals surface area contributed by atoms with Crippen LogP contribution in [0.15, 0.2) is 0 Å². The Morgan fingerprint density at radius 3 is 1.67 bits per heavy atom. The van der Waals surface area contributed by atoms with E-state index in [1.165, 1.54) is 0 Å². The molecule has 0 radical (unpaired) electrons. The van der Waals surface area contributed by atoms with Crippen LogP contribution < -0.4 is 0 Å². The quantitative estimate of drug-likeness (QED) is 0.289. The third kappa shape index (κ3) is 8.21. The molecule has 0 aromatic heterocycles. The fourth-order valence-electron chi connectivity index (χ4n) is 0.280. The Morgan fingerprint density at radius 1 is 1.11 bits per heavy atom. The highest BCUT2D eigenvalue weighted by atomic mass is 31.1. The van der Waals surface area contributed by atoms with Crippen molar-refractivity contribution in [3.05, 3.63) is 0 Å². The van der Waals surface area contributed by atoms with Gasteiger partial charge in [-0.05, 0) is 21.3 Å². The summed E-state index contributed by atoms with van der Waals surface area (Å²) < 4.78 is 0. The van der Waals surface area contributed by atoms with Gasteiger partial charge in [0, 0.05) is 0 Å². The zero-order chi connectivity index (χ0) is 7.49. The number of hydrogen-bond donors (Lipinski definition) is 0. The van der Waals surface area contributed by atoms with Crippen molar-refractivity contribution in [1.29, 1.82) is 0 Å².